The molecular weight excluding hydrogens is 432 g/mol. The minimum Gasteiger partial charge on any atom is -0.333 e. The molecule has 0 unspecified atom stereocenters. The molecule has 0 aliphatic carbocycles. The van der Waals surface area contributed by atoms with E-state index in [0.717, 1.165) is 33.1 Å². The van der Waals surface area contributed by atoms with Gasteiger partial charge in [-0.25, -0.2) is 4.98 Å². The van der Waals surface area contributed by atoms with Gasteiger partial charge >= 0.3 is 0 Å². The Morgan fingerprint density at radius 2 is 1.61 bits per heavy atom. The molecule has 0 radical (unpaired) electrons. The number of imidazole rings is 1. The van der Waals surface area contributed by atoms with Crippen LogP contribution in [0.3, 0.4) is 0 Å². The highest BCUT2D eigenvalue weighted by atomic mass is 35.5. The molecule has 4 rings (SSSR count). The molecule has 0 saturated carbocycles. The molecule has 0 atom stereocenters. The van der Waals surface area contributed by atoms with Gasteiger partial charge < -0.3 is 4.98 Å². The number of aromatic amines is 1. The standard InChI is InChI=1S/C23H19ClN4O2S/c24-18-11-7-15(8-12-18)13-21(29)27-28-22(30)17-9-5-16(6-10-17)14-31-23-25-19-3-1-2-4-20(19)26-23/h1-12H,13-14H2,(H,25,26)(H,27,29)(H,28,30). The Morgan fingerprint density at radius 3 is 2.35 bits per heavy atom. The lowest BCUT2D eigenvalue weighted by Gasteiger charge is -2.08. The molecule has 8 heteroatoms. The Balaban J connectivity index is 1.26. The topological polar surface area (TPSA) is 86.9 Å². The number of hydrazine groups is 1. The fourth-order valence-corrected chi connectivity index (χ4v) is 3.90. The summed E-state index contributed by atoms with van der Waals surface area (Å²) in [6.45, 7) is 0. The predicted octanol–water partition coefficient (Wildman–Crippen LogP) is 4.51. The predicted molar refractivity (Wildman–Crippen MR) is 123 cm³/mol. The zero-order valence-electron chi connectivity index (χ0n) is 16.4. The molecule has 0 aliphatic heterocycles. The maximum atomic E-state index is 12.3. The number of amides is 2. The lowest BCUT2D eigenvalue weighted by Crippen LogP contribution is -2.42. The van der Waals surface area contributed by atoms with Crippen molar-refractivity contribution >= 4 is 46.2 Å². The van der Waals surface area contributed by atoms with Crippen molar-refractivity contribution in [2.75, 3.05) is 0 Å². The van der Waals surface area contributed by atoms with Crippen LogP contribution in [-0.2, 0) is 17.0 Å². The summed E-state index contributed by atoms with van der Waals surface area (Å²) in [7, 11) is 0. The van der Waals surface area contributed by atoms with Crippen molar-refractivity contribution in [3.8, 4) is 0 Å². The molecular formula is C23H19ClN4O2S. The third kappa shape index (κ3) is 5.65. The van der Waals surface area contributed by atoms with Gasteiger partial charge in [-0.2, -0.15) is 0 Å². The van der Waals surface area contributed by atoms with Crippen molar-refractivity contribution in [2.45, 2.75) is 17.3 Å². The molecule has 1 heterocycles. The smallest absolute Gasteiger partial charge is 0.269 e. The van der Waals surface area contributed by atoms with Gasteiger partial charge in [-0.1, -0.05) is 59.8 Å². The van der Waals surface area contributed by atoms with Crippen LogP contribution in [0.1, 0.15) is 21.5 Å². The highest BCUT2D eigenvalue weighted by Gasteiger charge is 2.09. The summed E-state index contributed by atoms with van der Waals surface area (Å²) in [5, 5.41) is 1.46. The normalized spacial score (nSPS) is 10.7. The van der Waals surface area contributed by atoms with Crippen molar-refractivity contribution in [1.29, 1.82) is 0 Å². The molecule has 3 aromatic carbocycles. The van der Waals surface area contributed by atoms with E-state index in [4.69, 9.17) is 11.6 Å². The maximum Gasteiger partial charge on any atom is 0.269 e. The van der Waals surface area contributed by atoms with Crippen molar-refractivity contribution < 1.29 is 9.59 Å². The first-order valence-electron chi connectivity index (χ1n) is 9.57. The average Bonchev–Trinajstić information content (AvgIpc) is 3.21. The van der Waals surface area contributed by atoms with E-state index >= 15 is 0 Å². The van der Waals surface area contributed by atoms with Crippen LogP contribution in [0.15, 0.2) is 78.0 Å². The van der Waals surface area contributed by atoms with Crippen molar-refractivity contribution in [2.24, 2.45) is 0 Å². The molecule has 4 aromatic rings. The number of H-pyrrole nitrogens is 1. The van der Waals surface area contributed by atoms with Crippen LogP contribution in [0.4, 0.5) is 0 Å². The van der Waals surface area contributed by atoms with E-state index in [1.54, 1.807) is 48.2 Å². The van der Waals surface area contributed by atoms with Gasteiger partial charge in [-0.15, -0.1) is 0 Å². The van der Waals surface area contributed by atoms with Crippen LogP contribution >= 0.6 is 23.4 Å². The zero-order valence-corrected chi connectivity index (χ0v) is 18.0. The number of thioether (sulfide) groups is 1. The molecule has 2 amide bonds. The highest BCUT2D eigenvalue weighted by molar-refractivity contribution is 7.98. The number of hydrogen-bond acceptors (Lipinski definition) is 4. The van der Waals surface area contributed by atoms with Crippen LogP contribution in [0.25, 0.3) is 11.0 Å². The first-order valence-corrected chi connectivity index (χ1v) is 10.9. The molecule has 0 bridgehead atoms. The monoisotopic (exact) mass is 450 g/mol. The number of rotatable bonds is 6. The number of aromatic nitrogens is 2. The molecule has 156 valence electrons. The summed E-state index contributed by atoms with van der Waals surface area (Å²) < 4.78 is 0. The van der Waals surface area contributed by atoms with E-state index in [0.29, 0.717) is 10.6 Å². The second kappa shape index (κ2) is 9.68. The van der Waals surface area contributed by atoms with E-state index in [9.17, 15) is 9.59 Å². The highest BCUT2D eigenvalue weighted by Crippen LogP contribution is 2.23. The van der Waals surface area contributed by atoms with Gasteiger partial charge in [0.25, 0.3) is 5.91 Å². The molecule has 0 aliphatic rings. The van der Waals surface area contributed by atoms with Gasteiger partial charge in [0.15, 0.2) is 5.16 Å². The third-order valence-electron chi connectivity index (χ3n) is 4.55. The van der Waals surface area contributed by atoms with Gasteiger partial charge in [0, 0.05) is 16.3 Å². The van der Waals surface area contributed by atoms with Gasteiger partial charge in [-0.05, 0) is 47.5 Å². The van der Waals surface area contributed by atoms with Crippen LogP contribution < -0.4 is 10.9 Å². The fraction of sp³-hybridized carbons (Fsp3) is 0.0870. The number of nitrogens with zero attached hydrogens (tertiary/aromatic N) is 1. The molecule has 6 nitrogen and oxygen atoms in total. The average molecular weight is 451 g/mol. The first kappa shape index (κ1) is 21.0. The Bertz CT molecular complexity index is 1170. The Labute approximate surface area is 188 Å². The number of nitrogens with one attached hydrogen (secondary N) is 3. The number of halogens is 1. The summed E-state index contributed by atoms with van der Waals surface area (Å²) in [6.07, 6.45) is 0.148. The maximum absolute atomic E-state index is 12.3. The Morgan fingerprint density at radius 1 is 0.903 bits per heavy atom. The van der Waals surface area contributed by atoms with Crippen LogP contribution in [0.2, 0.25) is 5.02 Å². The van der Waals surface area contributed by atoms with Gasteiger partial charge in [0.1, 0.15) is 0 Å². The fourth-order valence-electron chi connectivity index (χ4n) is 2.93. The lowest BCUT2D eigenvalue weighted by atomic mass is 10.1. The minimum atomic E-state index is -0.374. The SMILES string of the molecule is O=C(Cc1ccc(Cl)cc1)NNC(=O)c1ccc(CSc2nc3ccccc3[nH]2)cc1. The molecule has 0 spiro atoms. The zero-order chi connectivity index (χ0) is 21.6. The third-order valence-corrected chi connectivity index (χ3v) is 5.75. The van der Waals surface area contributed by atoms with E-state index in [-0.39, 0.29) is 18.2 Å². The number of carbonyl (C=O) groups is 2. The van der Waals surface area contributed by atoms with Crippen molar-refractivity contribution in [3.05, 3.63) is 94.5 Å². The summed E-state index contributed by atoms with van der Waals surface area (Å²) in [5.74, 6) is 0.0370. The van der Waals surface area contributed by atoms with Crippen molar-refractivity contribution in [1.82, 2.24) is 20.8 Å². The van der Waals surface area contributed by atoms with Crippen LogP contribution in [-0.4, -0.2) is 21.8 Å². The van der Waals surface area contributed by atoms with E-state index in [1.165, 1.54) is 0 Å². The second-order valence-electron chi connectivity index (χ2n) is 6.85. The van der Waals surface area contributed by atoms with E-state index in [2.05, 4.69) is 20.8 Å². The second-order valence-corrected chi connectivity index (χ2v) is 8.25. The summed E-state index contributed by atoms with van der Waals surface area (Å²) >= 11 is 7.43. The molecule has 3 N–H and O–H groups in total. The van der Waals surface area contributed by atoms with Crippen molar-refractivity contribution in [3.63, 3.8) is 0 Å². The Kier molecular flexibility index (Phi) is 6.54. The number of hydrogen-bond donors (Lipinski definition) is 3. The first-order chi connectivity index (χ1) is 15.1. The largest absolute Gasteiger partial charge is 0.333 e. The van der Waals surface area contributed by atoms with Gasteiger partial charge in [0.05, 0.1) is 17.5 Å². The van der Waals surface area contributed by atoms with Gasteiger partial charge in [-0.3, -0.25) is 20.4 Å². The number of carbonyl (C=O) groups excluding carboxylic acids is 2. The summed E-state index contributed by atoms with van der Waals surface area (Å²) in [5.41, 5.74) is 9.15. The molecule has 0 saturated heterocycles. The van der Waals surface area contributed by atoms with E-state index < -0.39 is 0 Å². The number of para-hydroxylation sites is 2. The summed E-state index contributed by atoms with van der Waals surface area (Å²) in [4.78, 5) is 32.1. The summed E-state index contributed by atoms with van der Waals surface area (Å²) in [6, 6.07) is 22.1. The number of fused-ring (bicyclic) bond motifs is 1. The molecule has 31 heavy (non-hydrogen) atoms. The Hall–Kier alpha value is -3.29. The number of benzene rings is 3. The van der Waals surface area contributed by atoms with Crippen LogP contribution in [0, 0.1) is 0 Å². The van der Waals surface area contributed by atoms with Gasteiger partial charge in [0.2, 0.25) is 5.91 Å². The van der Waals surface area contributed by atoms with Crippen LogP contribution in [0.5, 0.6) is 0 Å². The minimum absolute atomic E-state index is 0.148. The lowest BCUT2D eigenvalue weighted by molar-refractivity contribution is -0.121. The quantitative estimate of drug-likeness (QED) is 0.298. The van der Waals surface area contributed by atoms with E-state index in [1.807, 2.05) is 36.4 Å². The molecule has 0 fully saturated rings. The molecule has 1 aromatic heterocycles.